The van der Waals surface area contributed by atoms with Gasteiger partial charge in [0, 0.05) is 34.0 Å². The van der Waals surface area contributed by atoms with E-state index in [1.165, 1.54) is 65.6 Å². The Morgan fingerprint density at radius 3 is 1.41 bits per heavy atom. The summed E-state index contributed by atoms with van der Waals surface area (Å²) in [5.41, 5.74) is 9.48. The zero-order valence-corrected chi connectivity index (χ0v) is 21.6. The maximum Gasteiger partial charge on any atom is 0.213 e. The van der Waals surface area contributed by atoms with Crippen molar-refractivity contribution >= 4 is 54.4 Å². The SMILES string of the molecule is C[n+]1c2ccccc2c(-c2cccc3cccc(-c4c5ccccc5nc5ccccc45)c23)c2ccccc21. The van der Waals surface area contributed by atoms with Gasteiger partial charge in [-0.25, -0.2) is 4.98 Å². The summed E-state index contributed by atoms with van der Waals surface area (Å²) in [5.74, 6) is 0. The van der Waals surface area contributed by atoms with E-state index in [0.29, 0.717) is 0 Å². The van der Waals surface area contributed by atoms with Crippen LogP contribution in [0.25, 0.3) is 76.6 Å². The molecule has 0 spiro atoms. The van der Waals surface area contributed by atoms with Gasteiger partial charge < -0.3 is 0 Å². The summed E-state index contributed by atoms with van der Waals surface area (Å²) in [6.07, 6.45) is 0. The number of rotatable bonds is 2. The molecule has 0 amide bonds. The average molecular weight is 498 g/mol. The molecule has 0 unspecified atom stereocenters. The van der Waals surface area contributed by atoms with E-state index >= 15 is 0 Å². The summed E-state index contributed by atoms with van der Waals surface area (Å²) in [6, 6.07) is 48.0. The van der Waals surface area contributed by atoms with Crippen LogP contribution >= 0.6 is 0 Å². The van der Waals surface area contributed by atoms with Crippen LogP contribution in [0, 0.1) is 0 Å². The van der Waals surface area contributed by atoms with Gasteiger partial charge in [0.2, 0.25) is 11.0 Å². The summed E-state index contributed by atoms with van der Waals surface area (Å²) in [6.45, 7) is 0. The Morgan fingerprint density at radius 2 is 0.872 bits per heavy atom. The van der Waals surface area contributed by atoms with Gasteiger partial charge in [0.15, 0.2) is 0 Å². The van der Waals surface area contributed by atoms with Crippen molar-refractivity contribution in [3.05, 3.63) is 133 Å². The minimum absolute atomic E-state index is 1.02. The van der Waals surface area contributed by atoms with Crippen LogP contribution in [-0.2, 0) is 7.05 Å². The fourth-order valence-corrected chi connectivity index (χ4v) is 6.41. The molecule has 0 saturated heterocycles. The number of pyridine rings is 2. The van der Waals surface area contributed by atoms with Crippen LogP contribution in [-0.4, -0.2) is 4.98 Å². The maximum absolute atomic E-state index is 5.01. The largest absolute Gasteiger partial charge is 0.248 e. The highest BCUT2D eigenvalue weighted by atomic mass is 14.9. The quantitative estimate of drug-likeness (QED) is 0.172. The molecule has 8 rings (SSSR count). The van der Waals surface area contributed by atoms with Gasteiger partial charge in [0.1, 0.15) is 7.05 Å². The second-order valence-corrected chi connectivity index (χ2v) is 10.2. The van der Waals surface area contributed by atoms with E-state index in [1.807, 2.05) is 0 Å². The molecule has 0 atom stereocenters. The van der Waals surface area contributed by atoms with E-state index in [4.69, 9.17) is 4.98 Å². The maximum atomic E-state index is 5.01. The van der Waals surface area contributed by atoms with E-state index in [2.05, 4.69) is 145 Å². The molecule has 2 heteroatoms. The van der Waals surface area contributed by atoms with Gasteiger partial charge in [-0.1, -0.05) is 97.1 Å². The Morgan fingerprint density at radius 1 is 0.436 bits per heavy atom. The zero-order valence-electron chi connectivity index (χ0n) is 21.6. The first-order valence-corrected chi connectivity index (χ1v) is 13.4. The summed E-state index contributed by atoms with van der Waals surface area (Å²) < 4.78 is 2.31. The van der Waals surface area contributed by atoms with Crippen LogP contribution in [0.15, 0.2) is 133 Å². The Labute approximate surface area is 226 Å². The van der Waals surface area contributed by atoms with Crippen molar-refractivity contribution in [2.75, 3.05) is 0 Å². The van der Waals surface area contributed by atoms with Crippen LogP contribution in [0.5, 0.6) is 0 Å². The third-order valence-corrected chi connectivity index (χ3v) is 8.10. The van der Waals surface area contributed by atoms with Gasteiger partial charge in [-0.3, -0.25) is 0 Å². The van der Waals surface area contributed by atoms with E-state index < -0.39 is 0 Å². The van der Waals surface area contributed by atoms with E-state index in [9.17, 15) is 0 Å². The molecular formula is C37H25N2+. The molecule has 0 bridgehead atoms. The molecule has 39 heavy (non-hydrogen) atoms. The van der Waals surface area contributed by atoms with Crippen molar-refractivity contribution < 1.29 is 4.57 Å². The number of nitrogens with zero attached hydrogens (tertiary/aromatic N) is 2. The van der Waals surface area contributed by atoms with Gasteiger partial charge in [0.05, 0.1) is 21.8 Å². The van der Waals surface area contributed by atoms with Crippen molar-refractivity contribution in [3.63, 3.8) is 0 Å². The third kappa shape index (κ3) is 3.22. The fourth-order valence-electron chi connectivity index (χ4n) is 6.41. The molecule has 182 valence electrons. The lowest BCUT2D eigenvalue weighted by atomic mass is 9.86. The molecular weight excluding hydrogens is 472 g/mol. The van der Waals surface area contributed by atoms with E-state index in [-0.39, 0.29) is 0 Å². The predicted molar refractivity (Wildman–Crippen MR) is 164 cm³/mol. The Kier molecular flexibility index (Phi) is 4.77. The number of hydrogen-bond donors (Lipinski definition) is 0. The minimum atomic E-state index is 1.02. The third-order valence-electron chi connectivity index (χ3n) is 8.10. The second kappa shape index (κ2) is 8.47. The van der Waals surface area contributed by atoms with Crippen molar-refractivity contribution in [3.8, 4) is 22.3 Å². The molecule has 0 fully saturated rings. The Bertz CT molecular complexity index is 2130. The van der Waals surface area contributed by atoms with E-state index in [0.717, 1.165) is 11.0 Å². The van der Waals surface area contributed by atoms with Crippen LogP contribution < -0.4 is 4.57 Å². The molecule has 0 aliphatic rings. The molecule has 0 aliphatic carbocycles. The van der Waals surface area contributed by atoms with Crippen molar-refractivity contribution in [2.24, 2.45) is 7.05 Å². The number of hydrogen-bond acceptors (Lipinski definition) is 1. The van der Waals surface area contributed by atoms with Crippen molar-refractivity contribution in [2.45, 2.75) is 0 Å². The molecule has 6 aromatic carbocycles. The number of aromatic nitrogens is 2. The lowest BCUT2D eigenvalue weighted by molar-refractivity contribution is -0.617. The van der Waals surface area contributed by atoms with Gasteiger partial charge in [0.25, 0.3) is 0 Å². The topological polar surface area (TPSA) is 16.8 Å². The first-order valence-electron chi connectivity index (χ1n) is 13.4. The van der Waals surface area contributed by atoms with Gasteiger partial charge in [-0.05, 0) is 46.2 Å². The lowest BCUT2D eigenvalue weighted by Crippen LogP contribution is -2.30. The Balaban J connectivity index is 1.60. The molecule has 2 aromatic heterocycles. The summed E-state index contributed by atoms with van der Waals surface area (Å²) in [5, 5.41) is 7.36. The van der Waals surface area contributed by atoms with Crippen LogP contribution in [0.3, 0.4) is 0 Å². The number of benzene rings is 6. The standard InChI is InChI=1S/C37H25N2/c1-39-33-22-8-4-16-27(33)37(28-17-5-9-23-34(28)39)30-19-11-13-24-12-10-18-29(35(24)30)36-25-14-2-6-20-31(25)38-32-21-7-3-15-26(32)36/h2-23H,1H3/q+1. The predicted octanol–water partition coefficient (Wildman–Crippen LogP) is 9.01. The zero-order chi connectivity index (χ0) is 25.9. The lowest BCUT2D eigenvalue weighted by Gasteiger charge is -2.18. The number of fused-ring (bicyclic) bond motifs is 5. The number of para-hydroxylation sites is 4. The van der Waals surface area contributed by atoms with Gasteiger partial charge in [-0.2, -0.15) is 4.57 Å². The molecule has 0 N–H and O–H groups in total. The van der Waals surface area contributed by atoms with Crippen molar-refractivity contribution in [1.29, 1.82) is 0 Å². The summed E-state index contributed by atoms with van der Waals surface area (Å²) >= 11 is 0. The smallest absolute Gasteiger partial charge is 0.213 e. The highest BCUT2D eigenvalue weighted by molar-refractivity contribution is 6.20. The highest BCUT2D eigenvalue weighted by Crippen LogP contribution is 2.44. The summed E-state index contributed by atoms with van der Waals surface area (Å²) in [4.78, 5) is 5.01. The van der Waals surface area contributed by atoms with Crippen molar-refractivity contribution in [1.82, 2.24) is 4.98 Å². The minimum Gasteiger partial charge on any atom is -0.248 e. The highest BCUT2D eigenvalue weighted by Gasteiger charge is 2.22. The average Bonchev–Trinajstić information content (AvgIpc) is 3.00. The normalized spacial score (nSPS) is 11.7. The Hall–Kier alpha value is -5.08. The van der Waals surface area contributed by atoms with E-state index in [1.54, 1.807) is 0 Å². The molecule has 0 aliphatic heterocycles. The van der Waals surface area contributed by atoms with Gasteiger partial charge >= 0.3 is 0 Å². The van der Waals surface area contributed by atoms with Crippen LogP contribution in [0.4, 0.5) is 0 Å². The molecule has 2 heterocycles. The molecule has 8 aromatic rings. The second-order valence-electron chi connectivity index (χ2n) is 10.2. The fraction of sp³-hybridized carbons (Fsp3) is 0.0270. The first-order chi connectivity index (χ1) is 19.3. The molecule has 2 nitrogen and oxygen atoms in total. The van der Waals surface area contributed by atoms with Crippen LogP contribution in [0.1, 0.15) is 0 Å². The number of aryl methyl sites for hydroxylation is 1. The molecule has 0 radical (unpaired) electrons. The monoisotopic (exact) mass is 497 g/mol. The van der Waals surface area contributed by atoms with Gasteiger partial charge in [-0.15, -0.1) is 0 Å². The summed E-state index contributed by atoms with van der Waals surface area (Å²) in [7, 11) is 2.16. The first kappa shape index (κ1) is 22.0. The van der Waals surface area contributed by atoms with Crippen LogP contribution in [0.2, 0.25) is 0 Å². The molecule has 0 saturated carbocycles.